The average Bonchev–Trinajstić information content (AvgIpc) is 2.89. The van der Waals surface area contributed by atoms with Crippen LogP contribution < -0.4 is 4.74 Å². The summed E-state index contributed by atoms with van der Waals surface area (Å²) < 4.78 is 19.4. The molecule has 0 saturated carbocycles. The summed E-state index contributed by atoms with van der Waals surface area (Å²) in [5.74, 6) is 4.77. The third-order valence-corrected chi connectivity index (χ3v) is 6.87. The van der Waals surface area contributed by atoms with Crippen molar-refractivity contribution in [3.63, 3.8) is 0 Å². The number of benzene rings is 2. The Morgan fingerprint density at radius 2 is 2.17 bits per heavy atom. The van der Waals surface area contributed by atoms with Crippen LogP contribution in [0.2, 0.25) is 0 Å². The van der Waals surface area contributed by atoms with Crippen molar-refractivity contribution in [2.75, 3.05) is 26.7 Å². The van der Waals surface area contributed by atoms with Gasteiger partial charge in [0.1, 0.15) is 17.6 Å². The minimum absolute atomic E-state index is 0.0888. The largest absolute Gasteiger partial charge is 0.497 e. The van der Waals surface area contributed by atoms with E-state index in [0.29, 0.717) is 13.1 Å². The monoisotopic (exact) mass is 485 g/mol. The number of nitriles is 1. The normalized spacial score (nSPS) is 17.7. The van der Waals surface area contributed by atoms with E-state index < -0.39 is 17.7 Å². The van der Waals surface area contributed by atoms with E-state index in [9.17, 15) is 14.3 Å². The van der Waals surface area contributed by atoms with Crippen LogP contribution >= 0.6 is 0 Å². The molecule has 0 unspecified atom stereocenters. The first-order valence-corrected chi connectivity index (χ1v) is 12.0. The molecule has 3 aromatic rings. The lowest BCUT2D eigenvalue weighted by Crippen LogP contribution is -2.44. The molecule has 184 valence electrons. The quantitative estimate of drug-likeness (QED) is 0.490. The molecular formula is C29H28FN3O3. The summed E-state index contributed by atoms with van der Waals surface area (Å²) in [6.45, 7) is 1.48. The molecule has 6 nitrogen and oxygen atoms in total. The summed E-state index contributed by atoms with van der Waals surface area (Å²) >= 11 is 0. The topological polar surface area (TPSA) is 86.5 Å². The molecule has 1 saturated heterocycles. The zero-order valence-corrected chi connectivity index (χ0v) is 20.2. The van der Waals surface area contributed by atoms with E-state index in [-0.39, 0.29) is 17.0 Å². The van der Waals surface area contributed by atoms with Crippen LogP contribution in [0.5, 0.6) is 5.75 Å². The number of ether oxygens (including phenoxy) is 1. The molecule has 1 fully saturated rings. The van der Waals surface area contributed by atoms with Gasteiger partial charge in [-0.05, 0) is 80.1 Å². The second-order valence-corrected chi connectivity index (χ2v) is 9.05. The molecule has 1 aromatic heterocycles. The zero-order chi connectivity index (χ0) is 25.5. The van der Waals surface area contributed by atoms with Gasteiger partial charge >= 0.3 is 5.97 Å². The molecule has 36 heavy (non-hydrogen) atoms. The van der Waals surface area contributed by atoms with Crippen LogP contribution in [-0.2, 0) is 11.2 Å². The summed E-state index contributed by atoms with van der Waals surface area (Å²) in [5, 5.41) is 20.1. The average molecular weight is 486 g/mol. The van der Waals surface area contributed by atoms with E-state index in [1.807, 2.05) is 41.4 Å². The van der Waals surface area contributed by atoms with E-state index in [0.717, 1.165) is 48.9 Å². The fourth-order valence-corrected chi connectivity index (χ4v) is 4.90. The Morgan fingerprint density at radius 1 is 1.31 bits per heavy atom. The summed E-state index contributed by atoms with van der Waals surface area (Å²) in [7, 11) is 1.64. The zero-order valence-electron chi connectivity index (χ0n) is 20.2. The highest BCUT2D eigenvalue weighted by atomic mass is 19.1. The maximum Gasteiger partial charge on any atom is 0.308 e. The lowest BCUT2D eigenvalue weighted by molar-refractivity contribution is -0.146. The van der Waals surface area contributed by atoms with Gasteiger partial charge in [-0.25, -0.2) is 4.39 Å². The van der Waals surface area contributed by atoms with Crippen molar-refractivity contribution in [2.24, 2.45) is 11.8 Å². The van der Waals surface area contributed by atoms with Crippen molar-refractivity contribution in [2.45, 2.75) is 25.7 Å². The standard InChI is InChI=1S/C29H28FN3O3/c1-36-23-10-11-28-25(17-23)20(12-14-32-28)5-2-6-21-13-16-33(19-26(21)29(34)35)15-4-8-24-22(18-31)7-3-9-27(24)30/h3,7,9-12,14,17,21,26H,2,5-6,13,15-16,19H2,1H3,(H,34,35)/t21-,26+/m1/s1. The Hall–Kier alpha value is -3.94. The predicted octanol–water partition coefficient (Wildman–Crippen LogP) is 4.65. The first-order chi connectivity index (χ1) is 17.5. The molecule has 2 heterocycles. The number of hydrogen-bond donors (Lipinski definition) is 1. The van der Waals surface area contributed by atoms with Crippen LogP contribution in [0.25, 0.3) is 10.9 Å². The molecule has 7 heteroatoms. The minimum atomic E-state index is -0.794. The minimum Gasteiger partial charge on any atom is -0.497 e. The molecule has 0 amide bonds. The van der Waals surface area contributed by atoms with E-state index in [2.05, 4.69) is 16.8 Å². The summed E-state index contributed by atoms with van der Waals surface area (Å²) in [4.78, 5) is 18.5. The molecule has 1 aliphatic heterocycles. The van der Waals surface area contributed by atoms with Gasteiger partial charge in [-0.3, -0.25) is 14.7 Å². The second-order valence-electron chi connectivity index (χ2n) is 9.05. The van der Waals surface area contributed by atoms with Crippen molar-refractivity contribution < 1.29 is 19.0 Å². The van der Waals surface area contributed by atoms with Gasteiger partial charge in [0.05, 0.1) is 36.2 Å². The number of aromatic nitrogens is 1. The number of fused-ring (bicyclic) bond motifs is 1. The lowest BCUT2D eigenvalue weighted by atomic mass is 9.81. The smallest absolute Gasteiger partial charge is 0.308 e. The number of piperidine rings is 1. The summed E-state index contributed by atoms with van der Waals surface area (Å²) in [5.41, 5.74) is 2.39. The fraction of sp³-hybridized carbons (Fsp3) is 0.345. The molecule has 2 atom stereocenters. The van der Waals surface area contributed by atoms with Crippen molar-refractivity contribution in [3.8, 4) is 23.7 Å². The molecule has 1 N–H and O–H groups in total. The van der Waals surface area contributed by atoms with Crippen LogP contribution in [0.15, 0.2) is 48.7 Å². The highest BCUT2D eigenvalue weighted by Gasteiger charge is 2.33. The van der Waals surface area contributed by atoms with Gasteiger partial charge in [-0.15, -0.1) is 0 Å². The van der Waals surface area contributed by atoms with Crippen LogP contribution in [0.4, 0.5) is 4.39 Å². The number of carbonyl (C=O) groups is 1. The van der Waals surface area contributed by atoms with Gasteiger partial charge in [0.2, 0.25) is 0 Å². The van der Waals surface area contributed by atoms with E-state index in [1.54, 1.807) is 7.11 Å². The second kappa shape index (κ2) is 11.7. The first-order valence-electron chi connectivity index (χ1n) is 12.0. The number of pyridine rings is 1. The number of halogens is 1. The Morgan fingerprint density at radius 3 is 2.94 bits per heavy atom. The number of carboxylic acids is 1. The van der Waals surface area contributed by atoms with Crippen LogP contribution in [0, 0.1) is 40.8 Å². The van der Waals surface area contributed by atoms with Crippen LogP contribution in [-0.4, -0.2) is 47.7 Å². The number of carboxylic acid groups (broad SMARTS) is 1. The third kappa shape index (κ3) is 5.82. The SMILES string of the molecule is COc1ccc2nccc(CCC[C@@H]3CCN(CC#Cc4c(F)cccc4C#N)C[C@@H]3C(=O)O)c2c1. The molecule has 0 radical (unpaired) electrons. The van der Waals surface area contributed by atoms with Gasteiger partial charge in [0.25, 0.3) is 0 Å². The molecular weight excluding hydrogens is 457 g/mol. The number of rotatable bonds is 7. The Bertz CT molecular complexity index is 1360. The highest BCUT2D eigenvalue weighted by molar-refractivity contribution is 5.83. The Labute approximate surface area is 210 Å². The maximum atomic E-state index is 14.0. The fourth-order valence-electron chi connectivity index (χ4n) is 4.90. The van der Waals surface area contributed by atoms with Crippen molar-refractivity contribution in [3.05, 3.63) is 71.2 Å². The summed E-state index contributed by atoms with van der Waals surface area (Å²) in [6, 6.07) is 14.1. The van der Waals surface area contributed by atoms with Crippen molar-refractivity contribution >= 4 is 16.9 Å². The molecule has 0 bridgehead atoms. The highest BCUT2D eigenvalue weighted by Crippen LogP contribution is 2.30. The van der Waals surface area contributed by atoms with Gasteiger partial charge in [0.15, 0.2) is 0 Å². The van der Waals surface area contributed by atoms with E-state index in [1.165, 1.54) is 23.8 Å². The molecule has 2 aromatic carbocycles. The number of aliphatic carboxylic acids is 1. The Balaban J connectivity index is 1.36. The predicted molar refractivity (Wildman–Crippen MR) is 135 cm³/mol. The van der Waals surface area contributed by atoms with Crippen LogP contribution in [0.3, 0.4) is 0 Å². The molecule has 1 aliphatic rings. The van der Waals surface area contributed by atoms with Crippen LogP contribution in [0.1, 0.15) is 36.0 Å². The lowest BCUT2D eigenvalue weighted by Gasteiger charge is -2.35. The molecule has 0 spiro atoms. The number of hydrogen-bond acceptors (Lipinski definition) is 5. The van der Waals surface area contributed by atoms with Gasteiger partial charge in [-0.2, -0.15) is 5.26 Å². The molecule has 0 aliphatic carbocycles. The maximum absolute atomic E-state index is 14.0. The van der Waals surface area contributed by atoms with E-state index in [4.69, 9.17) is 10.00 Å². The Kier molecular flexibility index (Phi) is 8.15. The van der Waals surface area contributed by atoms with Gasteiger partial charge < -0.3 is 9.84 Å². The van der Waals surface area contributed by atoms with Gasteiger partial charge in [-0.1, -0.05) is 17.9 Å². The third-order valence-electron chi connectivity index (χ3n) is 6.87. The number of nitrogens with zero attached hydrogens (tertiary/aromatic N) is 3. The molecule has 4 rings (SSSR count). The summed E-state index contributed by atoms with van der Waals surface area (Å²) in [6.07, 6.45) is 5.13. The number of likely N-dealkylation sites (tertiary alicyclic amines) is 1. The van der Waals surface area contributed by atoms with Gasteiger partial charge in [0, 0.05) is 18.1 Å². The van der Waals surface area contributed by atoms with Crippen molar-refractivity contribution in [1.82, 2.24) is 9.88 Å². The first kappa shape index (κ1) is 25.2. The van der Waals surface area contributed by atoms with Crippen molar-refractivity contribution in [1.29, 1.82) is 5.26 Å². The number of aryl methyl sites for hydroxylation is 1. The van der Waals surface area contributed by atoms with E-state index >= 15 is 0 Å². The number of methoxy groups -OCH3 is 1.